The van der Waals surface area contributed by atoms with Crippen LogP contribution < -0.4 is 14.5 Å². The number of anilines is 2. The van der Waals surface area contributed by atoms with E-state index in [9.17, 15) is 9.59 Å². The Kier molecular flexibility index (Phi) is 4.37. The first-order chi connectivity index (χ1) is 12.7. The number of amides is 2. The van der Waals surface area contributed by atoms with Crippen molar-refractivity contribution in [3.63, 3.8) is 0 Å². The van der Waals surface area contributed by atoms with E-state index in [2.05, 4.69) is 0 Å². The number of carbonyl (C=O) groups is 2. The van der Waals surface area contributed by atoms with Crippen molar-refractivity contribution < 1.29 is 14.3 Å². The highest BCUT2D eigenvalue weighted by molar-refractivity contribution is 6.10. The summed E-state index contributed by atoms with van der Waals surface area (Å²) in [5.41, 5.74) is 2.21. The Labute approximate surface area is 153 Å². The summed E-state index contributed by atoms with van der Waals surface area (Å²) in [6.45, 7) is 1.23. The summed E-state index contributed by atoms with van der Waals surface area (Å²) in [7, 11) is 1.59. The Bertz CT molecular complexity index is 845. The standard InChI is InChI=1S/C21H22N2O3/c1-26-17-7-4-6-16(14-17)21(25)23-13-5-12-22(20(24)15-10-11-15)18-8-2-3-9-19(18)23/h2-4,6-9,14-15H,5,10-13H2,1H3. The predicted octanol–water partition coefficient (Wildman–Crippen LogP) is 3.49. The molecule has 0 radical (unpaired) electrons. The smallest absolute Gasteiger partial charge is 0.258 e. The molecule has 1 fully saturated rings. The Morgan fingerprint density at radius 2 is 1.65 bits per heavy atom. The molecular formula is C21H22N2O3. The van der Waals surface area contributed by atoms with Crippen molar-refractivity contribution in [2.45, 2.75) is 19.3 Å². The molecule has 0 saturated heterocycles. The van der Waals surface area contributed by atoms with Gasteiger partial charge >= 0.3 is 0 Å². The molecule has 2 aliphatic rings. The molecule has 5 heteroatoms. The van der Waals surface area contributed by atoms with Crippen LogP contribution in [-0.4, -0.2) is 32.0 Å². The molecule has 0 bridgehead atoms. The van der Waals surface area contributed by atoms with Crippen LogP contribution in [0.1, 0.15) is 29.6 Å². The van der Waals surface area contributed by atoms with Gasteiger partial charge in [0, 0.05) is 24.6 Å². The number of hydrogen-bond donors (Lipinski definition) is 0. The van der Waals surface area contributed by atoms with Crippen molar-refractivity contribution in [3.8, 4) is 5.75 Å². The molecule has 0 aromatic heterocycles. The molecule has 2 amide bonds. The summed E-state index contributed by atoms with van der Waals surface area (Å²) in [4.78, 5) is 29.5. The van der Waals surface area contributed by atoms with Crippen molar-refractivity contribution in [1.29, 1.82) is 0 Å². The second-order valence-electron chi connectivity index (χ2n) is 6.80. The van der Waals surface area contributed by atoms with Gasteiger partial charge in [-0.1, -0.05) is 18.2 Å². The Balaban J connectivity index is 1.70. The Morgan fingerprint density at radius 3 is 2.35 bits per heavy atom. The maximum absolute atomic E-state index is 13.2. The molecule has 1 saturated carbocycles. The molecule has 0 unspecified atom stereocenters. The summed E-state index contributed by atoms with van der Waals surface area (Å²) >= 11 is 0. The number of carbonyl (C=O) groups excluding carboxylic acids is 2. The molecule has 4 rings (SSSR count). The van der Waals surface area contributed by atoms with E-state index in [1.54, 1.807) is 24.1 Å². The maximum Gasteiger partial charge on any atom is 0.258 e. The highest BCUT2D eigenvalue weighted by Gasteiger charge is 2.36. The van der Waals surface area contributed by atoms with Gasteiger partial charge < -0.3 is 14.5 Å². The van der Waals surface area contributed by atoms with Gasteiger partial charge in [0.05, 0.1) is 18.5 Å². The number of methoxy groups -OCH3 is 1. The SMILES string of the molecule is COc1cccc(C(=O)N2CCCN(C(=O)C3CC3)c3ccccc32)c1. The molecule has 0 spiro atoms. The zero-order valence-electron chi connectivity index (χ0n) is 14.9. The largest absolute Gasteiger partial charge is 0.497 e. The molecular weight excluding hydrogens is 328 g/mol. The van der Waals surface area contributed by atoms with Crippen LogP contribution in [0.15, 0.2) is 48.5 Å². The lowest BCUT2D eigenvalue weighted by molar-refractivity contribution is -0.119. The number of ether oxygens (including phenoxy) is 1. The minimum Gasteiger partial charge on any atom is -0.497 e. The number of fused-ring (bicyclic) bond motifs is 1. The van der Waals surface area contributed by atoms with Gasteiger partial charge in [-0.3, -0.25) is 9.59 Å². The summed E-state index contributed by atoms with van der Waals surface area (Å²) in [6, 6.07) is 14.9. The van der Waals surface area contributed by atoms with Gasteiger partial charge in [0.15, 0.2) is 0 Å². The first-order valence-corrected chi connectivity index (χ1v) is 9.05. The van der Waals surface area contributed by atoms with E-state index < -0.39 is 0 Å². The molecule has 2 aromatic rings. The van der Waals surface area contributed by atoms with Gasteiger partial charge in [0.2, 0.25) is 5.91 Å². The van der Waals surface area contributed by atoms with Gasteiger partial charge in [-0.15, -0.1) is 0 Å². The quantitative estimate of drug-likeness (QED) is 0.851. The average molecular weight is 350 g/mol. The summed E-state index contributed by atoms with van der Waals surface area (Å²) in [5, 5.41) is 0. The number of para-hydroxylation sites is 2. The lowest BCUT2D eigenvalue weighted by Crippen LogP contribution is -2.32. The van der Waals surface area contributed by atoms with Crippen LogP contribution in [0.3, 0.4) is 0 Å². The topological polar surface area (TPSA) is 49.9 Å². The van der Waals surface area contributed by atoms with Crippen molar-refractivity contribution in [1.82, 2.24) is 0 Å². The van der Waals surface area contributed by atoms with E-state index in [1.807, 2.05) is 41.3 Å². The summed E-state index contributed by atoms with van der Waals surface area (Å²) in [5.74, 6) is 0.929. The van der Waals surface area contributed by atoms with E-state index in [1.165, 1.54) is 0 Å². The highest BCUT2D eigenvalue weighted by atomic mass is 16.5. The fourth-order valence-corrected chi connectivity index (χ4v) is 3.45. The van der Waals surface area contributed by atoms with Gasteiger partial charge in [0.25, 0.3) is 5.91 Å². The summed E-state index contributed by atoms with van der Waals surface area (Å²) < 4.78 is 5.24. The first-order valence-electron chi connectivity index (χ1n) is 9.05. The lowest BCUT2D eigenvalue weighted by Gasteiger charge is -2.25. The van der Waals surface area contributed by atoms with Crippen LogP contribution in [0.4, 0.5) is 11.4 Å². The normalized spacial score (nSPS) is 16.7. The van der Waals surface area contributed by atoms with Crippen LogP contribution in [-0.2, 0) is 4.79 Å². The third-order valence-electron chi connectivity index (χ3n) is 4.98. The number of benzene rings is 2. The van der Waals surface area contributed by atoms with E-state index in [4.69, 9.17) is 4.74 Å². The van der Waals surface area contributed by atoms with Crippen LogP contribution in [0.2, 0.25) is 0 Å². The van der Waals surface area contributed by atoms with Gasteiger partial charge in [-0.05, 0) is 49.6 Å². The highest BCUT2D eigenvalue weighted by Crippen LogP contribution is 2.38. The molecule has 2 aromatic carbocycles. The minimum absolute atomic E-state index is 0.0722. The fraction of sp³-hybridized carbons (Fsp3) is 0.333. The molecule has 26 heavy (non-hydrogen) atoms. The van der Waals surface area contributed by atoms with Crippen molar-refractivity contribution in [3.05, 3.63) is 54.1 Å². The van der Waals surface area contributed by atoms with Crippen molar-refractivity contribution in [2.75, 3.05) is 30.0 Å². The molecule has 1 aliphatic heterocycles. The number of hydrogen-bond acceptors (Lipinski definition) is 3. The molecule has 5 nitrogen and oxygen atoms in total. The third kappa shape index (κ3) is 3.05. The average Bonchev–Trinajstić information content (AvgIpc) is 3.53. The molecule has 1 heterocycles. The van der Waals surface area contributed by atoms with Crippen LogP contribution in [0, 0.1) is 5.92 Å². The number of nitrogens with zero attached hydrogens (tertiary/aromatic N) is 2. The second-order valence-corrected chi connectivity index (χ2v) is 6.80. The van der Waals surface area contributed by atoms with Gasteiger partial charge in [-0.2, -0.15) is 0 Å². The van der Waals surface area contributed by atoms with Crippen molar-refractivity contribution >= 4 is 23.2 Å². The second kappa shape index (κ2) is 6.83. The first kappa shape index (κ1) is 16.6. The van der Waals surface area contributed by atoms with Crippen LogP contribution in [0.25, 0.3) is 0 Å². The van der Waals surface area contributed by atoms with Crippen LogP contribution in [0.5, 0.6) is 5.75 Å². The van der Waals surface area contributed by atoms with Gasteiger partial charge in [0.1, 0.15) is 5.75 Å². The fourth-order valence-electron chi connectivity index (χ4n) is 3.45. The molecule has 134 valence electrons. The Morgan fingerprint density at radius 1 is 0.962 bits per heavy atom. The molecule has 0 N–H and O–H groups in total. The van der Waals surface area contributed by atoms with E-state index in [0.717, 1.165) is 30.6 Å². The van der Waals surface area contributed by atoms with E-state index in [-0.39, 0.29) is 17.7 Å². The maximum atomic E-state index is 13.2. The van der Waals surface area contributed by atoms with Crippen molar-refractivity contribution in [2.24, 2.45) is 5.92 Å². The lowest BCUT2D eigenvalue weighted by atomic mass is 10.1. The van der Waals surface area contributed by atoms with Gasteiger partial charge in [-0.25, -0.2) is 0 Å². The molecule has 0 atom stereocenters. The van der Waals surface area contributed by atoms with E-state index >= 15 is 0 Å². The Hall–Kier alpha value is -2.82. The molecule has 1 aliphatic carbocycles. The monoisotopic (exact) mass is 350 g/mol. The predicted molar refractivity (Wildman–Crippen MR) is 101 cm³/mol. The van der Waals surface area contributed by atoms with Crippen LogP contribution >= 0.6 is 0 Å². The summed E-state index contributed by atoms with van der Waals surface area (Å²) in [6.07, 6.45) is 2.71. The zero-order chi connectivity index (χ0) is 18.1. The minimum atomic E-state index is -0.0722. The number of rotatable bonds is 3. The van der Waals surface area contributed by atoms with E-state index in [0.29, 0.717) is 24.4 Å². The third-order valence-corrected chi connectivity index (χ3v) is 4.98. The zero-order valence-corrected chi connectivity index (χ0v) is 14.9.